The lowest BCUT2D eigenvalue weighted by Gasteiger charge is -2.27. The maximum absolute atomic E-state index is 12.9. The van der Waals surface area contributed by atoms with Crippen LogP contribution in [0.5, 0.6) is 5.75 Å². The zero-order chi connectivity index (χ0) is 19.5. The summed E-state index contributed by atoms with van der Waals surface area (Å²) in [4.78, 5) is 14.3. The molecule has 0 spiro atoms. The van der Waals surface area contributed by atoms with Crippen molar-refractivity contribution in [1.29, 1.82) is 0 Å². The third kappa shape index (κ3) is 3.71. The first-order chi connectivity index (χ1) is 13.7. The van der Waals surface area contributed by atoms with Crippen molar-refractivity contribution >= 4 is 17.5 Å². The highest BCUT2D eigenvalue weighted by molar-refractivity contribution is 6.30. The summed E-state index contributed by atoms with van der Waals surface area (Å²) in [5, 5.41) is 16.3. The molecule has 0 unspecified atom stereocenters. The van der Waals surface area contributed by atoms with Gasteiger partial charge in [-0.25, -0.2) is 0 Å². The average molecular weight is 398 g/mol. The van der Waals surface area contributed by atoms with Crippen LogP contribution in [0.1, 0.15) is 37.4 Å². The predicted octanol–water partition coefficient (Wildman–Crippen LogP) is 3.58. The van der Waals surface area contributed by atoms with Gasteiger partial charge in [0, 0.05) is 22.6 Å². The zero-order valence-electron chi connectivity index (χ0n) is 15.4. The molecule has 1 aliphatic rings. The molecule has 0 saturated carbocycles. The molecule has 1 aromatic heterocycles. The third-order valence-electron chi connectivity index (χ3n) is 4.77. The Balaban J connectivity index is 1.52. The van der Waals surface area contributed by atoms with Gasteiger partial charge in [0.1, 0.15) is 5.75 Å². The Kier molecular flexibility index (Phi) is 5.25. The van der Waals surface area contributed by atoms with E-state index in [1.165, 1.54) is 4.80 Å². The third-order valence-corrected chi connectivity index (χ3v) is 5.03. The van der Waals surface area contributed by atoms with Crippen LogP contribution >= 0.6 is 11.6 Å². The van der Waals surface area contributed by atoms with Crippen LogP contribution < -0.4 is 10.1 Å². The molecule has 0 saturated heterocycles. The summed E-state index contributed by atoms with van der Waals surface area (Å²) in [6.45, 7) is 2.49. The van der Waals surface area contributed by atoms with Crippen LogP contribution in [-0.2, 0) is 4.79 Å². The number of nitrogens with one attached hydrogen (secondary N) is 1. The molecule has 2 aromatic carbocycles. The van der Waals surface area contributed by atoms with Crippen LogP contribution in [0, 0.1) is 0 Å². The van der Waals surface area contributed by atoms with Crippen LogP contribution in [0.3, 0.4) is 0 Å². The zero-order valence-corrected chi connectivity index (χ0v) is 16.1. The molecule has 4 rings (SSSR count). The van der Waals surface area contributed by atoms with Gasteiger partial charge >= 0.3 is 0 Å². The number of hydrogen-bond donors (Lipinski definition) is 1. The van der Waals surface area contributed by atoms with Gasteiger partial charge in [0.2, 0.25) is 11.7 Å². The maximum atomic E-state index is 12.9. The lowest BCUT2D eigenvalue weighted by Crippen LogP contribution is -2.37. The standard InChI is InChI=1S/C20H20ClN5O2/c1-2-17(26-24-19(23-25-26)13-7-9-14(21)10-8-13)20(27)22-16-11-12-28-18-6-4-3-5-15(16)18/h3-10,16-17H,2,11-12H2,1H3,(H,22,27)/t16-,17-/m1/s1. The fourth-order valence-corrected chi connectivity index (χ4v) is 3.41. The normalized spacial score (nSPS) is 16.7. The van der Waals surface area contributed by atoms with E-state index in [2.05, 4.69) is 20.7 Å². The highest BCUT2D eigenvalue weighted by Gasteiger charge is 2.28. The first-order valence-electron chi connectivity index (χ1n) is 9.23. The molecule has 0 aliphatic carbocycles. The Hall–Kier alpha value is -2.93. The summed E-state index contributed by atoms with van der Waals surface area (Å²) in [7, 11) is 0. The number of para-hydroxylation sites is 1. The molecular weight excluding hydrogens is 378 g/mol. The fraction of sp³-hybridized carbons (Fsp3) is 0.300. The van der Waals surface area contributed by atoms with E-state index < -0.39 is 6.04 Å². The quantitative estimate of drug-likeness (QED) is 0.711. The molecule has 0 bridgehead atoms. The molecule has 7 nitrogen and oxygen atoms in total. The number of benzene rings is 2. The monoisotopic (exact) mass is 397 g/mol. The van der Waals surface area contributed by atoms with Crippen molar-refractivity contribution in [3.05, 3.63) is 59.1 Å². The number of aromatic nitrogens is 4. The van der Waals surface area contributed by atoms with Crippen molar-refractivity contribution in [3.63, 3.8) is 0 Å². The second kappa shape index (κ2) is 7.98. The highest BCUT2D eigenvalue weighted by atomic mass is 35.5. The van der Waals surface area contributed by atoms with E-state index >= 15 is 0 Å². The van der Waals surface area contributed by atoms with Gasteiger partial charge < -0.3 is 10.1 Å². The number of amides is 1. The van der Waals surface area contributed by atoms with Crippen molar-refractivity contribution in [3.8, 4) is 17.1 Å². The Morgan fingerprint density at radius 1 is 1.29 bits per heavy atom. The molecule has 1 aliphatic heterocycles. The molecule has 0 fully saturated rings. The molecule has 2 atom stereocenters. The molecule has 1 N–H and O–H groups in total. The smallest absolute Gasteiger partial charge is 0.247 e. The number of hydrogen-bond acceptors (Lipinski definition) is 5. The summed E-state index contributed by atoms with van der Waals surface area (Å²) < 4.78 is 5.67. The number of nitrogens with zero attached hydrogens (tertiary/aromatic N) is 4. The minimum absolute atomic E-state index is 0.0919. The summed E-state index contributed by atoms with van der Waals surface area (Å²) in [6.07, 6.45) is 1.27. The van der Waals surface area contributed by atoms with Gasteiger partial charge in [-0.1, -0.05) is 36.7 Å². The summed E-state index contributed by atoms with van der Waals surface area (Å²) >= 11 is 5.92. The van der Waals surface area contributed by atoms with Gasteiger partial charge in [0.05, 0.1) is 12.6 Å². The van der Waals surface area contributed by atoms with E-state index in [1.807, 2.05) is 43.3 Å². The molecule has 8 heteroatoms. The molecule has 2 heterocycles. The summed E-state index contributed by atoms with van der Waals surface area (Å²) in [5.74, 6) is 1.14. The van der Waals surface area contributed by atoms with Crippen molar-refractivity contribution in [2.45, 2.75) is 31.8 Å². The number of carbonyl (C=O) groups excluding carboxylic acids is 1. The maximum Gasteiger partial charge on any atom is 0.247 e. The number of halogens is 1. The topological polar surface area (TPSA) is 81.9 Å². The van der Waals surface area contributed by atoms with Crippen LogP contribution in [0.2, 0.25) is 5.02 Å². The van der Waals surface area contributed by atoms with Crippen LogP contribution in [-0.4, -0.2) is 32.7 Å². The second-order valence-electron chi connectivity index (χ2n) is 6.60. The highest BCUT2D eigenvalue weighted by Crippen LogP contribution is 2.32. The van der Waals surface area contributed by atoms with Gasteiger partial charge in [-0.15, -0.1) is 10.2 Å². The fourth-order valence-electron chi connectivity index (χ4n) is 3.29. The number of carbonyl (C=O) groups is 1. The van der Waals surface area contributed by atoms with Gasteiger partial charge in [-0.3, -0.25) is 4.79 Å². The Bertz CT molecular complexity index is 973. The van der Waals surface area contributed by atoms with Crippen LogP contribution in [0.4, 0.5) is 0 Å². The van der Waals surface area contributed by atoms with Crippen LogP contribution in [0.15, 0.2) is 48.5 Å². The van der Waals surface area contributed by atoms with E-state index in [0.717, 1.165) is 23.3 Å². The van der Waals surface area contributed by atoms with Crippen molar-refractivity contribution in [1.82, 2.24) is 25.5 Å². The van der Waals surface area contributed by atoms with E-state index in [9.17, 15) is 4.79 Å². The van der Waals surface area contributed by atoms with E-state index in [4.69, 9.17) is 16.3 Å². The number of fused-ring (bicyclic) bond motifs is 1. The molecule has 1 amide bonds. The number of rotatable bonds is 5. The minimum atomic E-state index is -0.538. The van der Waals surface area contributed by atoms with Gasteiger partial charge in [0.15, 0.2) is 6.04 Å². The minimum Gasteiger partial charge on any atom is -0.493 e. The van der Waals surface area contributed by atoms with Crippen molar-refractivity contribution in [2.75, 3.05) is 6.61 Å². The van der Waals surface area contributed by atoms with Crippen molar-refractivity contribution in [2.24, 2.45) is 0 Å². The second-order valence-corrected chi connectivity index (χ2v) is 7.04. The number of tetrazole rings is 1. The molecule has 0 radical (unpaired) electrons. The predicted molar refractivity (Wildman–Crippen MR) is 105 cm³/mol. The Labute approximate surface area is 167 Å². The Morgan fingerprint density at radius 2 is 2.07 bits per heavy atom. The lowest BCUT2D eigenvalue weighted by atomic mass is 10.00. The van der Waals surface area contributed by atoms with E-state index in [1.54, 1.807) is 12.1 Å². The van der Waals surface area contributed by atoms with Crippen molar-refractivity contribution < 1.29 is 9.53 Å². The summed E-state index contributed by atoms with van der Waals surface area (Å²) in [6, 6.07) is 14.3. The van der Waals surface area contributed by atoms with Crippen LogP contribution in [0.25, 0.3) is 11.4 Å². The molecular formula is C20H20ClN5O2. The van der Waals surface area contributed by atoms with Gasteiger partial charge in [-0.2, -0.15) is 4.80 Å². The molecule has 28 heavy (non-hydrogen) atoms. The molecule has 3 aromatic rings. The average Bonchev–Trinajstić information content (AvgIpc) is 3.19. The van der Waals surface area contributed by atoms with Gasteiger partial charge in [0.25, 0.3) is 0 Å². The first kappa shape index (κ1) is 18.4. The first-order valence-corrected chi connectivity index (χ1v) is 9.61. The number of ether oxygens (including phenoxy) is 1. The Morgan fingerprint density at radius 3 is 2.86 bits per heavy atom. The SMILES string of the molecule is CC[C@H](C(=O)N[C@@H]1CCOc2ccccc21)n1nnc(-c2ccc(Cl)cc2)n1. The van der Waals surface area contributed by atoms with E-state index in [-0.39, 0.29) is 11.9 Å². The molecule has 144 valence electrons. The lowest BCUT2D eigenvalue weighted by molar-refractivity contribution is -0.126. The summed E-state index contributed by atoms with van der Waals surface area (Å²) in [5.41, 5.74) is 1.79. The van der Waals surface area contributed by atoms with E-state index in [0.29, 0.717) is 23.9 Å². The van der Waals surface area contributed by atoms with Gasteiger partial charge in [-0.05, 0) is 42.0 Å². The largest absolute Gasteiger partial charge is 0.493 e.